The van der Waals surface area contributed by atoms with Gasteiger partial charge in [0.1, 0.15) is 0 Å². The predicted molar refractivity (Wildman–Crippen MR) is 175 cm³/mol. The molecule has 3 aliphatic heterocycles. The van der Waals surface area contributed by atoms with Crippen LogP contribution in [0.2, 0.25) is 0 Å². The zero-order chi connectivity index (χ0) is 27.8. The van der Waals surface area contributed by atoms with Crippen LogP contribution in [0.4, 0.5) is 0 Å². The summed E-state index contributed by atoms with van der Waals surface area (Å²) in [6, 6.07) is 29.9. The molecule has 0 aliphatic carbocycles. The maximum absolute atomic E-state index is 5.31. The third-order valence-corrected chi connectivity index (χ3v) is 9.63. The lowest BCUT2D eigenvalue weighted by Crippen LogP contribution is -2.29. The van der Waals surface area contributed by atoms with E-state index in [0.717, 1.165) is 77.1 Å². The van der Waals surface area contributed by atoms with Crippen LogP contribution in [-0.2, 0) is 10.8 Å². The summed E-state index contributed by atoms with van der Waals surface area (Å²) in [5.41, 5.74) is 12.2. The highest BCUT2D eigenvalue weighted by Gasteiger charge is 2.38. The van der Waals surface area contributed by atoms with Crippen molar-refractivity contribution >= 4 is 60.2 Å². The number of nitrogens with zero attached hydrogens (tertiary/aromatic N) is 2. The molecule has 3 heterocycles. The van der Waals surface area contributed by atoms with Crippen LogP contribution in [0.1, 0.15) is 72.2 Å². The van der Waals surface area contributed by atoms with Gasteiger partial charge in [0.2, 0.25) is 0 Å². The molecular weight excluding hydrogens is 525 g/mol. The molecule has 0 atom stereocenters. The summed E-state index contributed by atoms with van der Waals surface area (Å²) >= 11 is 10.3. The van der Waals surface area contributed by atoms with Gasteiger partial charge in [0.05, 0.1) is 22.8 Å². The second-order valence-corrected chi connectivity index (χ2v) is 12.7. The van der Waals surface area contributed by atoms with E-state index in [1.807, 2.05) is 0 Å². The van der Waals surface area contributed by atoms with E-state index in [1.165, 1.54) is 0 Å². The quantitative estimate of drug-likeness (QED) is 0.203. The summed E-state index contributed by atoms with van der Waals surface area (Å²) in [5, 5.41) is 0. The molecule has 8 bridgehead atoms. The molecule has 4 aromatic carbocycles. The van der Waals surface area contributed by atoms with Crippen LogP contribution in [0.5, 0.6) is 0 Å². The number of fused-ring (bicyclic) bond motifs is 12. The van der Waals surface area contributed by atoms with Gasteiger partial charge in [0.25, 0.3) is 0 Å². The van der Waals surface area contributed by atoms with Crippen molar-refractivity contribution in [3.05, 3.63) is 129 Å². The molecule has 0 saturated carbocycles. The average molecular weight is 555 g/mol. The molecule has 7 rings (SSSR count). The Bertz CT molecular complexity index is 1730. The molecule has 0 radical (unpaired) electrons. The van der Waals surface area contributed by atoms with E-state index in [0.29, 0.717) is 0 Å². The van der Waals surface area contributed by atoms with Gasteiger partial charge in [-0.05, 0) is 34.4 Å². The van der Waals surface area contributed by atoms with Gasteiger partial charge in [-0.2, -0.15) is 0 Å². The van der Waals surface area contributed by atoms with Crippen LogP contribution >= 0.6 is 25.3 Å². The maximum Gasteiger partial charge on any atom is 0.0719 e. The van der Waals surface area contributed by atoms with Crippen molar-refractivity contribution in [3.63, 3.8) is 0 Å². The van der Waals surface area contributed by atoms with E-state index >= 15 is 0 Å². The highest BCUT2D eigenvalue weighted by molar-refractivity contribution is 7.80. The van der Waals surface area contributed by atoms with Gasteiger partial charge in [0.15, 0.2) is 0 Å². The van der Waals surface area contributed by atoms with Gasteiger partial charge >= 0.3 is 0 Å². The molecular formula is C36H30N2S2. The summed E-state index contributed by atoms with van der Waals surface area (Å²) in [6.45, 7) is 8.98. The van der Waals surface area contributed by atoms with Crippen molar-refractivity contribution < 1.29 is 0 Å². The van der Waals surface area contributed by atoms with Gasteiger partial charge in [0, 0.05) is 42.9 Å². The van der Waals surface area contributed by atoms with Gasteiger partial charge < -0.3 is 0 Å². The van der Waals surface area contributed by atoms with Crippen LogP contribution in [0.3, 0.4) is 0 Å². The van der Waals surface area contributed by atoms with E-state index in [2.05, 4.69) is 125 Å². The van der Waals surface area contributed by atoms with Crippen LogP contribution in [0.15, 0.2) is 105 Å². The predicted octanol–water partition coefficient (Wildman–Crippen LogP) is 9.13. The number of benzene rings is 4. The Morgan fingerprint density at radius 3 is 1.25 bits per heavy atom. The molecule has 40 heavy (non-hydrogen) atoms. The first-order valence-electron chi connectivity index (χ1n) is 13.6. The third kappa shape index (κ3) is 3.66. The van der Waals surface area contributed by atoms with Crippen LogP contribution in [0, 0.1) is 0 Å². The molecule has 0 fully saturated rings. The van der Waals surface area contributed by atoms with Crippen molar-refractivity contribution in [1.82, 2.24) is 0 Å². The first kappa shape index (κ1) is 25.4. The minimum absolute atomic E-state index is 0.385. The molecule has 3 aliphatic rings. The van der Waals surface area contributed by atoms with Gasteiger partial charge in [-0.1, -0.05) is 113 Å². The van der Waals surface area contributed by atoms with Crippen molar-refractivity contribution in [2.24, 2.45) is 9.98 Å². The van der Waals surface area contributed by atoms with Crippen LogP contribution < -0.4 is 0 Å². The van der Waals surface area contributed by atoms with Crippen LogP contribution in [-0.4, -0.2) is 11.4 Å². The molecule has 4 aromatic rings. The number of aliphatic imine (C=N–C) groups is 2. The second-order valence-electron chi connectivity index (χ2n) is 11.8. The highest BCUT2D eigenvalue weighted by atomic mass is 32.1. The van der Waals surface area contributed by atoms with Crippen LogP contribution in [0.25, 0.3) is 23.5 Å². The Morgan fingerprint density at radius 2 is 0.850 bits per heavy atom. The lowest BCUT2D eigenvalue weighted by atomic mass is 9.76. The molecule has 2 nitrogen and oxygen atoms in total. The van der Waals surface area contributed by atoms with Crippen molar-refractivity contribution in [3.8, 4) is 0 Å². The zero-order valence-corrected chi connectivity index (χ0v) is 24.8. The summed E-state index contributed by atoms with van der Waals surface area (Å²) in [4.78, 5) is 12.5. The monoisotopic (exact) mass is 554 g/mol. The van der Waals surface area contributed by atoms with E-state index < -0.39 is 0 Å². The zero-order valence-electron chi connectivity index (χ0n) is 23.0. The molecule has 0 N–H and O–H groups in total. The minimum atomic E-state index is -0.385. The summed E-state index contributed by atoms with van der Waals surface area (Å²) in [5.74, 6) is 0. The molecule has 0 saturated heterocycles. The van der Waals surface area contributed by atoms with Gasteiger partial charge in [-0.15, -0.1) is 25.3 Å². The molecule has 0 unspecified atom stereocenters. The Balaban J connectivity index is 1.59. The van der Waals surface area contributed by atoms with E-state index in [-0.39, 0.29) is 10.8 Å². The number of hydrogen-bond acceptors (Lipinski definition) is 4. The van der Waals surface area contributed by atoms with Crippen molar-refractivity contribution in [2.45, 2.75) is 48.3 Å². The fourth-order valence-electron chi connectivity index (χ4n) is 6.39. The van der Waals surface area contributed by atoms with Crippen molar-refractivity contribution in [2.75, 3.05) is 0 Å². The summed E-state index contributed by atoms with van der Waals surface area (Å²) in [6.07, 6.45) is 4.37. The SMILES string of the molecule is CC1(C)C2=N/C(=C\c3cccc(c3S)C(C)(C)C3=N/C(=C\c4cccc1c4S)c1ccccc13)c1ccccc12. The average Bonchev–Trinajstić information content (AvgIpc) is 3.50. The van der Waals surface area contributed by atoms with E-state index in [1.54, 1.807) is 0 Å². The highest BCUT2D eigenvalue weighted by Crippen LogP contribution is 2.45. The topological polar surface area (TPSA) is 24.7 Å². The van der Waals surface area contributed by atoms with E-state index in [4.69, 9.17) is 35.2 Å². The fourth-order valence-corrected chi connectivity index (χ4v) is 7.38. The molecule has 4 heteroatoms. The molecule has 0 amide bonds. The Kier molecular flexibility index (Phi) is 5.68. The summed E-state index contributed by atoms with van der Waals surface area (Å²) in [7, 11) is 0. The smallest absolute Gasteiger partial charge is 0.0719 e. The Labute approximate surface area is 247 Å². The molecule has 196 valence electrons. The lowest BCUT2D eigenvalue weighted by molar-refractivity contribution is 0.703. The van der Waals surface area contributed by atoms with E-state index in [9.17, 15) is 0 Å². The molecule has 0 spiro atoms. The first-order valence-corrected chi connectivity index (χ1v) is 14.5. The van der Waals surface area contributed by atoms with Gasteiger partial charge in [-0.25, -0.2) is 0 Å². The second kappa shape index (κ2) is 8.95. The molecule has 0 aromatic heterocycles. The number of rotatable bonds is 0. The Hall–Kier alpha value is -3.60. The largest absolute Gasteiger partial charge is 0.251 e. The van der Waals surface area contributed by atoms with Gasteiger partial charge in [-0.3, -0.25) is 9.98 Å². The lowest BCUT2D eigenvalue weighted by Gasteiger charge is -2.28. The van der Waals surface area contributed by atoms with Crippen molar-refractivity contribution in [1.29, 1.82) is 0 Å². The number of thiol groups is 2. The summed E-state index contributed by atoms with van der Waals surface area (Å²) < 4.78 is 0. The normalized spacial score (nSPS) is 20.4. The first-order chi connectivity index (χ1) is 19.2. The maximum atomic E-state index is 5.31. The number of hydrogen-bond donors (Lipinski definition) is 2. The Morgan fingerprint density at radius 1 is 0.475 bits per heavy atom. The minimum Gasteiger partial charge on any atom is -0.251 e. The third-order valence-electron chi connectivity index (χ3n) is 8.63. The standard InChI is InChI=1S/C36H30N2S2/c1-35(2)27-17-9-11-21(31(27)39)19-30-24-14-6-8-16-26(24)34(38-30)36(3,4)28-18-10-12-22(32(28)40)20-29-23-13-5-7-15-25(23)33(35)37-29/h5-20,39-40H,1-4H3/b29-20-,30-19-. The fraction of sp³-hybridized carbons (Fsp3) is 0.167.